The molecule has 1 N–H and O–H groups in total. The van der Waals surface area contributed by atoms with Crippen LogP contribution < -0.4 is 4.74 Å². The summed E-state index contributed by atoms with van der Waals surface area (Å²) in [6.45, 7) is 0. The van der Waals surface area contributed by atoms with Gasteiger partial charge in [0.05, 0.1) is 24.2 Å². The van der Waals surface area contributed by atoms with E-state index in [2.05, 4.69) is 4.98 Å². The molecule has 0 radical (unpaired) electrons. The van der Waals surface area contributed by atoms with Gasteiger partial charge in [0.15, 0.2) is 0 Å². The fraction of sp³-hybridized carbons (Fsp3) is 0.231. The van der Waals surface area contributed by atoms with Gasteiger partial charge in [-0.2, -0.15) is 0 Å². The molecule has 0 spiro atoms. The first kappa shape index (κ1) is 13.8. The van der Waals surface area contributed by atoms with Crippen LogP contribution in [0.1, 0.15) is 12.1 Å². The molecular formula is C13H12ClNO3S. The summed E-state index contributed by atoms with van der Waals surface area (Å²) in [7, 11) is 1.56. The number of carboxylic acids is 1. The number of ether oxygens (including phenoxy) is 1. The van der Waals surface area contributed by atoms with E-state index in [1.807, 2.05) is 11.4 Å². The molecule has 4 nitrogen and oxygen atoms in total. The van der Waals surface area contributed by atoms with E-state index in [0.29, 0.717) is 17.2 Å². The summed E-state index contributed by atoms with van der Waals surface area (Å²) in [6.07, 6.45) is 0.530. The zero-order chi connectivity index (χ0) is 13.8. The van der Waals surface area contributed by atoms with E-state index in [-0.39, 0.29) is 6.42 Å². The van der Waals surface area contributed by atoms with Crippen molar-refractivity contribution in [3.8, 4) is 16.3 Å². The number of hydrogen-bond donors (Lipinski definition) is 1. The molecular weight excluding hydrogens is 286 g/mol. The molecule has 0 bridgehead atoms. The number of carbonyl (C=O) groups is 1. The molecule has 2 rings (SSSR count). The molecule has 100 valence electrons. The summed E-state index contributed by atoms with van der Waals surface area (Å²) in [5.74, 6) is -0.199. The first-order valence-electron chi connectivity index (χ1n) is 5.60. The monoisotopic (exact) mass is 297 g/mol. The maximum atomic E-state index is 10.5. The highest BCUT2D eigenvalue weighted by Crippen LogP contribution is 2.31. The summed E-state index contributed by atoms with van der Waals surface area (Å²) in [4.78, 5) is 14.9. The lowest BCUT2D eigenvalue weighted by molar-refractivity contribution is -0.136. The minimum atomic E-state index is -0.818. The average Bonchev–Trinajstić information content (AvgIpc) is 2.85. The van der Waals surface area contributed by atoms with Crippen LogP contribution in [0.25, 0.3) is 10.6 Å². The Kier molecular flexibility index (Phi) is 4.39. The topological polar surface area (TPSA) is 59.4 Å². The minimum absolute atomic E-state index is 0.0898. The molecule has 1 heterocycles. The maximum absolute atomic E-state index is 10.5. The van der Waals surface area contributed by atoms with Crippen LogP contribution in [0.15, 0.2) is 23.6 Å². The highest BCUT2D eigenvalue weighted by atomic mass is 35.5. The smallest absolute Gasteiger partial charge is 0.303 e. The number of rotatable bonds is 5. The van der Waals surface area contributed by atoms with Crippen molar-refractivity contribution in [2.24, 2.45) is 0 Å². The largest absolute Gasteiger partial charge is 0.495 e. The van der Waals surface area contributed by atoms with Gasteiger partial charge in [-0.05, 0) is 18.2 Å². The number of thiazole rings is 1. The van der Waals surface area contributed by atoms with Crippen LogP contribution in [0.5, 0.6) is 5.75 Å². The third-order valence-electron chi connectivity index (χ3n) is 2.55. The van der Waals surface area contributed by atoms with Crippen LogP contribution in [0.2, 0.25) is 5.02 Å². The molecule has 2 aromatic rings. The van der Waals surface area contributed by atoms with Crippen molar-refractivity contribution in [2.75, 3.05) is 7.11 Å². The molecule has 0 aliphatic rings. The van der Waals surface area contributed by atoms with Crippen molar-refractivity contribution in [3.05, 3.63) is 34.3 Å². The highest BCUT2D eigenvalue weighted by molar-refractivity contribution is 7.13. The number of aryl methyl sites for hydroxylation is 1. The Morgan fingerprint density at radius 2 is 2.32 bits per heavy atom. The Morgan fingerprint density at radius 3 is 2.95 bits per heavy atom. The number of halogens is 1. The van der Waals surface area contributed by atoms with Gasteiger partial charge in [-0.3, -0.25) is 4.79 Å². The molecule has 0 saturated carbocycles. The molecule has 0 atom stereocenters. The number of aliphatic carboxylic acids is 1. The van der Waals surface area contributed by atoms with Gasteiger partial charge in [0, 0.05) is 17.4 Å². The van der Waals surface area contributed by atoms with Crippen molar-refractivity contribution >= 4 is 28.9 Å². The third-order valence-corrected chi connectivity index (χ3v) is 3.78. The van der Waals surface area contributed by atoms with Gasteiger partial charge in [0.1, 0.15) is 10.8 Å². The van der Waals surface area contributed by atoms with E-state index in [1.54, 1.807) is 19.2 Å². The van der Waals surface area contributed by atoms with Crippen molar-refractivity contribution < 1.29 is 14.6 Å². The van der Waals surface area contributed by atoms with Gasteiger partial charge in [0.25, 0.3) is 0 Å². The minimum Gasteiger partial charge on any atom is -0.495 e. The highest BCUT2D eigenvalue weighted by Gasteiger charge is 2.09. The zero-order valence-corrected chi connectivity index (χ0v) is 11.8. The van der Waals surface area contributed by atoms with E-state index >= 15 is 0 Å². The van der Waals surface area contributed by atoms with Crippen LogP contribution >= 0.6 is 22.9 Å². The third kappa shape index (κ3) is 3.45. The Balaban J connectivity index is 2.18. The quantitative estimate of drug-likeness (QED) is 0.918. The molecule has 19 heavy (non-hydrogen) atoms. The Bertz CT molecular complexity index is 597. The average molecular weight is 298 g/mol. The molecule has 0 fully saturated rings. The number of methoxy groups -OCH3 is 1. The molecule has 6 heteroatoms. The van der Waals surface area contributed by atoms with Crippen molar-refractivity contribution in [2.45, 2.75) is 12.8 Å². The number of hydrogen-bond acceptors (Lipinski definition) is 4. The van der Waals surface area contributed by atoms with Crippen LogP contribution in [-0.2, 0) is 11.2 Å². The molecule has 0 aliphatic heterocycles. The Labute approximate surface area is 119 Å². The van der Waals surface area contributed by atoms with E-state index in [1.165, 1.54) is 11.3 Å². The number of benzene rings is 1. The van der Waals surface area contributed by atoms with Crippen LogP contribution in [0.3, 0.4) is 0 Å². The summed E-state index contributed by atoms with van der Waals surface area (Å²) in [5, 5.41) is 11.9. The van der Waals surface area contributed by atoms with Gasteiger partial charge in [-0.15, -0.1) is 11.3 Å². The molecule has 0 unspecified atom stereocenters. The molecule has 1 aromatic carbocycles. The number of carboxylic acid groups (broad SMARTS) is 1. The van der Waals surface area contributed by atoms with Gasteiger partial charge in [-0.1, -0.05) is 11.6 Å². The molecule has 0 saturated heterocycles. The second kappa shape index (κ2) is 6.04. The molecule has 0 amide bonds. The predicted octanol–water partition coefficient (Wildman–Crippen LogP) is 3.49. The van der Waals surface area contributed by atoms with Gasteiger partial charge >= 0.3 is 5.97 Å². The second-order valence-corrected chi connectivity index (χ2v) is 5.15. The molecule has 0 aliphatic carbocycles. The first-order chi connectivity index (χ1) is 9.10. The summed E-state index contributed by atoms with van der Waals surface area (Å²) >= 11 is 7.54. The van der Waals surface area contributed by atoms with Crippen molar-refractivity contribution in [1.82, 2.24) is 4.98 Å². The van der Waals surface area contributed by atoms with Crippen molar-refractivity contribution in [1.29, 1.82) is 0 Å². The van der Waals surface area contributed by atoms with Gasteiger partial charge in [0.2, 0.25) is 0 Å². The lowest BCUT2D eigenvalue weighted by atomic mass is 10.2. The Hall–Kier alpha value is -1.59. The number of nitrogens with zero attached hydrogens (tertiary/aromatic N) is 1. The zero-order valence-electron chi connectivity index (χ0n) is 10.2. The summed E-state index contributed by atoms with van der Waals surface area (Å²) < 4.78 is 5.09. The predicted molar refractivity (Wildman–Crippen MR) is 75.1 cm³/mol. The van der Waals surface area contributed by atoms with E-state index in [0.717, 1.165) is 16.3 Å². The fourth-order valence-corrected chi connectivity index (χ4v) is 2.70. The standard InChI is InChI=1S/C13H12ClNO3S/c1-18-11-4-2-8(6-10(11)14)13-15-9(7-19-13)3-5-12(16)17/h2,4,6-7H,3,5H2,1H3,(H,16,17). The van der Waals surface area contributed by atoms with E-state index < -0.39 is 5.97 Å². The summed E-state index contributed by atoms with van der Waals surface area (Å²) in [5.41, 5.74) is 1.69. The normalized spacial score (nSPS) is 10.4. The van der Waals surface area contributed by atoms with Crippen LogP contribution in [0, 0.1) is 0 Å². The fourth-order valence-electron chi connectivity index (χ4n) is 1.59. The van der Waals surface area contributed by atoms with Crippen LogP contribution in [-0.4, -0.2) is 23.2 Å². The Morgan fingerprint density at radius 1 is 1.53 bits per heavy atom. The van der Waals surface area contributed by atoms with Gasteiger partial charge in [-0.25, -0.2) is 4.98 Å². The lowest BCUT2D eigenvalue weighted by Gasteiger charge is -2.03. The first-order valence-corrected chi connectivity index (χ1v) is 6.86. The maximum Gasteiger partial charge on any atom is 0.303 e. The second-order valence-electron chi connectivity index (χ2n) is 3.89. The van der Waals surface area contributed by atoms with E-state index in [4.69, 9.17) is 21.4 Å². The van der Waals surface area contributed by atoms with E-state index in [9.17, 15) is 4.79 Å². The SMILES string of the molecule is COc1ccc(-c2nc(CCC(=O)O)cs2)cc1Cl. The van der Waals surface area contributed by atoms with Crippen molar-refractivity contribution in [3.63, 3.8) is 0 Å². The van der Waals surface area contributed by atoms with Gasteiger partial charge < -0.3 is 9.84 Å². The molecule has 1 aromatic heterocycles. The number of aromatic nitrogens is 1. The lowest BCUT2D eigenvalue weighted by Crippen LogP contribution is -1.97. The van der Waals surface area contributed by atoms with Crippen LogP contribution in [0.4, 0.5) is 0 Å². The summed E-state index contributed by atoms with van der Waals surface area (Å²) in [6, 6.07) is 5.46.